The molecule has 0 atom stereocenters. The molecule has 0 saturated carbocycles. The van der Waals surface area contributed by atoms with Gasteiger partial charge in [-0.05, 0) is 23.6 Å². The van der Waals surface area contributed by atoms with Gasteiger partial charge in [-0.1, -0.05) is 32.9 Å². The van der Waals surface area contributed by atoms with E-state index in [1.807, 2.05) is 19.2 Å². The van der Waals surface area contributed by atoms with Gasteiger partial charge in [-0.2, -0.15) is 0 Å². The number of benzene rings is 1. The van der Waals surface area contributed by atoms with Gasteiger partial charge in [-0.25, -0.2) is 0 Å². The molecule has 84 valence electrons. The van der Waals surface area contributed by atoms with Crippen molar-refractivity contribution in [1.82, 2.24) is 4.57 Å². The Morgan fingerprint density at radius 3 is 2.69 bits per heavy atom. The standard InChI is InChI=1S/C14H17NO/c1-4-14(16)15-8-7-11-5-6-12(10(2)3)9-13(11)15/h5-10H,4H2,1-3H3. The van der Waals surface area contributed by atoms with Crippen LogP contribution in [0.3, 0.4) is 0 Å². The van der Waals surface area contributed by atoms with E-state index in [1.165, 1.54) is 5.56 Å². The molecule has 1 aromatic carbocycles. The molecule has 2 nitrogen and oxygen atoms in total. The number of hydrogen-bond acceptors (Lipinski definition) is 1. The lowest BCUT2D eigenvalue weighted by atomic mass is 10.0. The Kier molecular flexibility index (Phi) is 2.82. The van der Waals surface area contributed by atoms with Crippen LogP contribution < -0.4 is 0 Å². The van der Waals surface area contributed by atoms with Crippen LogP contribution in [0.2, 0.25) is 0 Å². The van der Waals surface area contributed by atoms with Crippen LogP contribution in [-0.2, 0) is 0 Å². The van der Waals surface area contributed by atoms with Crippen molar-refractivity contribution < 1.29 is 4.79 Å². The van der Waals surface area contributed by atoms with Crippen molar-refractivity contribution in [2.24, 2.45) is 0 Å². The second-order valence-electron chi connectivity index (χ2n) is 4.41. The summed E-state index contributed by atoms with van der Waals surface area (Å²) < 4.78 is 1.75. The lowest BCUT2D eigenvalue weighted by Crippen LogP contribution is -2.07. The first kappa shape index (κ1) is 10.9. The van der Waals surface area contributed by atoms with E-state index in [0.717, 1.165) is 10.9 Å². The Hall–Kier alpha value is -1.57. The molecule has 2 rings (SSSR count). The number of carbonyl (C=O) groups excluding carboxylic acids is 1. The van der Waals surface area contributed by atoms with Crippen LogP contribution in [0, 0.1) is 0 Å². The van der Waals surface area contributed by atoms with E-state index in [4.69, 9.17) is 0 Å². The van der Waals surface area contributed by atoms with E-state index in [1.54, 1.807) is 4.57 Å². The molecule has 0 aliphatic heterocycles. The van der Waals surface area contributed by atoms with Gasteiger partial charge in [0.1, 0.15) is 0 Å². The fourth-order valence-corrected chi connectivity index (χ4v) is 1.89. The molecule has 2 aromatic rings. The minimum atomic E-state index is 0.149. The smallest absolute Gasteiger partial charge is 0.230 e. The van der Waals surface area contributed by atoms with Crippen molar-refractivity contribution in [3.63, 3.8) is 0 Å². The van der Waals surface area contributed by atoms with Crippen LogP contribution in [0.5, 0.6) is 0 Å². The summed E-state index contributed by atoms with van der Waals surface area (Å²) in [4.78, 5) is 11.7. The van der Waals surface area contributed by atoms with Gasteiger partial charge in [0.15, 0.2) is 0 Å². The van der Waals surface area contributed by atoms with Crippen LogP contribution in [0.1, 0.15) is 43.5 Å². The Balaban J connectivity index is 2.60. The van der Waals surface area contributed by atoms with E-state index in [9.17, 15) is 4.79 Å². The van der Waals surface area contributed by atoms with Crippen molar-refractivity contribution in [2.45, 2.75) is 33.1 Å². The first-order valence-corrected chi connectivity index (χ1v) is 5.77. The molecular formula is C14H17NO. The molecule has 0 aliphatic rings. The van der Waals surface area contributed by atoms with Crippen molar-refractivity contribution in [2.75, 3.05) is 0 Å². The first-order chi connectivity index (χ1) is 7.63. The van der Waals surface area contributed by atoms with Gasteiger partial charge in [0, 0.05) is 18.0 Å². The van der Waals surface area contributed by atoms with Crippen LogP contribution >= 0.6 is 0 Å². The Morgan fingerprint density at radius 1 is 1.31 bits per heavy atom. The number of carbonyl (C=O) groups is 1. The molecule has 0 saturated heterocycles. The summed E-state index contributed by atoms with van der Waals surface area (Å²) in [6.07, 6.45) is 2.40. The van der Waals surface area contributed by atoms with Crippen molar-refractivity contribution in [3.8, 4) is 0 Å². The van der Waals surface area contributed by atoms with E-state index < -0.39 is 0 Å². The highest BCUT2D eigenvalue weighted by molar-refractivity contribution is 5.92. The highest BCUT2D eigenvalue weighted by Crippen LogP contribution is 2.22. The lowest BCUT2D eigenvalue weighted by Gasteiger charge is -2.07. The maximum absolute atomic E-state index is 11.7. The highest BCUT2D eigenvalue weighted by Gasteiger charge is 2.08. The Labute approximate surface area is 95.9 Å². The minimum absolute atomic E-state index is 0.149. The van der Waals surface area contributed by atoms with Gasteiger partial charge in [0.2, 0.25) is 5.91 Å². The third-order valence-corrected chi connectivity index (χ3v) is 2.96. The van der Waals surface area contributed by atoms with Crippen LogP contribution in [0.4, 0.5) is 0 Å². The molecule has 0 fully saturated rings. The molecule has 0 bridgehead atoms. The maximum atomic E-state index is 11.7. The number of hydrogen-bond donors (Lipinski definition) is 0. The van der Waals surface area contributed by atoms with E-state index in [0.29, 0.717) is 12.3 Å². The number of nitrogens with zero attached hydrogens (tertiary/aromatic N) is 1. The SMILES string of the molecule is CCC(=O)n1ccc2ccc(C(C)C)cc21. The molecule has 16 heavy (non-hydrogen) atoms. The fourth-order valence-electron chi connectivity index (χ4n) is 1.89. The van der Waals surface area contributed by atoms with Gasteiger partial charge in [0.25, 0.3) is 0 Å². The number of aromatic nitrogens is 1. The van der Waals surface area contributed by atoms with Crippen molar-refractivity contribution in [1.29, 1.82) is 0 Å². The monoisotopic (exact) mass is 215 g/mol. The van der Waals surface area contributed by atoms with E-state index in [2.05, 4.69) is 32.0 Å². The van der Waals surface area contributed by atoms with Gasteiger partial charge in [-0.15, -0.1) is 0 Å². The molecule has 1 heterocycles. The number of fused-ring (bicyclic) bond motifs is 1. The van der Waals surface area contributed by atoms with Gasteiger partial charge in [0.05, 0.1) is 5.52 Å². The molecular weight excluding hydrogens is 198 g/mol. The molecule has 1 aromatic heterocycles. The topological polar surface area (TPSA) is 22.0 Å². The Bertz CT molecular complexity index is 523. The average molecular weight is 215 g/mol. The predicted octanol–water partition coefficient (Wildman–Crippen LogP) is 3.81. The average Bonchev–Trinajstić information content (AvgIpc) is 2.70. The molecule has 0 radical (unpaired) electrons. The Morgan fingerprint density at radius 2 is 2.06 bits per heavy atom. The first-order valence-electron chi connectivity index (χ1n) is 5.77. The molecule has 0 spiro atoms. The second kappa shape index (κ2) is 4.12. The zero-order chi connectivity index (χ0) is 11.7. The largest absolute Gasteiger partial charge is 0.287 e. The summed E-state index contributed by atoms with van der Waals surface area (Å²) in [7, 11) is 0. The zero-order valence-corrected chi connectivity index (χ0v) is 10.0. The quantitative estimate of drug-likeness (QED) is 0.746. The summed E-state index contributed by atoms with van der Waals surface area (Å²) in [6, 6.07) is 8.33. The zero-order valence-electron chi connectivity index (χ0n) is 10.0. The molecule has 0 amide bonds. The summed E-state index contributed by atoms with van der Waals surface area (Å²) in [5, 5.41) is 1.13. The van der Waals surface area contributed by atoms with E-state index >= 15 is 0 Å². The van der Waals surface area contributed by atoms with Crippen molar-refractivity contribution in [3.05, 3.63) is 36.0 Å². The minimum Gasteiger partial charge on any atom is -0.287 e. The van der Waals surface area contributed by atoms with E-state index in [-0.39, 0.29) is 5.91 Å². The summed E-state index contributed by atoms with van der Waals surface area (Å²) in [5.74, 6) is 0.639. The van der Waals surface area contributed by atoms with Gasteiger partial charge < -0.3 is 0 Å². The fraction of sp³-hybridized carbons (Fsp3) is 0.357. The molecule has 2 heteroatoms. The van der Waals surface area contributed by atoms with Crippen LogP contribution in [-0.4, -0.2) is 10.5 Å². The predicted molar refractivity (Wildman–Crippen MR) is 66.9 cm³/mol. The molecule has 0 N–H and O–H groups in total. The summed E-state index contributed by atoms with van der Waals surface area (Å²) >= 11 is 0. The molecule has 0 unspecified atom stereocenters. The molecule has 0 aliphatic carbocycles. The maximum Gasteiger partial charge on any atom is 0.230 e. The lowest BCUT2D eigenvalue weighted by molar-refractivity contribution is 0.0914. The third-order valence-electron chi connectivity index (χ3n) is 2.96. The number of rotatable bonds is 2. The van der Waals surface area contributed by atoms with Gasteiger partial charge >= 0.3 is 0 Å². The second-order valence-corrected chi connectivity index (χ2v) is 4.41. The normalized spacial score (nSPS) is 11.2. The van der Waals surface area contributed by atoms with Crippen LogP contribution in [0.15, 0.2) is 30.5 Å². The highest BCUT2D eigenvalue weighted by atomic mass is 16.1. The summed E-state index contributed by atoms with van der Waals surface area (Å²) in [5.41, 5.74) is 2.30. The van der Waals surface area contributed by atoms with Crippen molar-refractivity contribution >= 4 is 16.8 Å². The van der Waals surface area contributed by atoms with Crippen LogP contribution in [0.25, 0.3) is 10.9 Å². The van der Waals surface area contributed by atoms with Gasteiger partial charge in [-0.3, -0.25) is 9.36 Å². The third kappa shape index (κ3) is 1.75. The summed E-state index contributed by atoms with van der Waals surface area (Å²) in [6.45, 7) is 6.21.